The van der Waals surface area contributed by atoms with Crippen LogP contribution in [0.4, 0.5) is 4.79 Å². The zero-order valence-corrected chi connectivity index (χ0v) is 11.0. The van der Waals surface area contributed by atoms with Gasteiger partial charge in [0.2, 0.25) is 0 Å². The minimum atomic E-state index is -0.432. The van der Waals surface area contributed by atoms with E-state index in [1.54, 1.807) is 11.0 Å². The van der Waals surface area contributed by atoms with E-state index in [1.807, 2.05) is 20.8 Å². The fraction of sp³-hybridized carbons (Fsp3) is 0.615. The van der Waals surface area contributed by atoms with E-state index in [-0.39, 0.29) is 6.09 Å². The van der Waals surface area contributed by atoms with Gasteiger partial charge in [-0.05, 0) is 26.8 Å². The third-order valence-electron chi connectivity index (χ3n) is 2.57. The van der Waals surface area contributed by atoms with Crippen molar-refractivity contribution in [2.75, 3.05) is 26.2 Å². The Labute approximate surface area is 104 Å². The van der Waals surface area contributed by atoms with Gasteiger partial charge in [0.15, 0.2) is 0 Å². The average molecular weight is 238 g/mol. The lowest BCUT2D eigenvalue weighted by Gasteiger charge is -2.36. The summed E-state index contributed by atoms with van der Waals surface area (Å²) >= 11 is 0. The number of carbonyl (C=O) groups excluding carboxylic acids is 1. The monoisotopic (exact) mass is 238 g/mol. The molecule has 0 radical (unpaired) electrons. The average Bonchev–Trinajstić information content (AvgIpc) is 2.26. The number of nitrogens with zero attached hydrogens (tertiary/aromatic N) is 2. The van der Waals surface area contributed by atoms with Gasteiger partial charge in [-0.2, -0.15) is 0 Å². The van der Waals surface area contributed by atoms with Gasteiger partial charge in [0, 0.05) is 31.9 Å². The first kappa shape index (κ1) is 13.6. The first-order chi connectivity index (χ1) is 7.83. The van der Waals surface area contributed by atoms with E-state index < -0.39 is 5.60 Å². The van der Waals surface area contributed by atoms with Crippen LogP contribution in [0.3, 0.4) is 0 Å². The highest BCUT2D eigenvalue weighted by Crippen LogP contribution is 2.13. The number of ether oxygens (including phenoxy) is 1. The van der Waals surface area contributed by atoms with Gasteiger partial charge in [-0.15, -0.1) is 0 Å². The lowest BCUT2D eigenvalue weighted by atomic mass is 10.2. The molecule has 17 heavy (non-hydrogen) atoms. The number of hydrogen-bond donors (Lipinski definition) is 0. The Morgan fingerprint density at radius 1 is 1.18 bits per heavy atom. The Bertz CT molecular complexity index is 310. The molecule has 1 rings (SSSR count). The van der Waals surface area contributed by atoms with E-state index in [9.17, 15) is 4.79 Å². The largest absolute Gasteiger partial charge is 0.444 e. The summed E-state index contributed by atoms with van der Waals surface area (Å²) in [5.74, 6) is 0. The second kappa shape index (κ2) is 5.25. The number of rotatable bonds is 2. The molecule has 96 valence electrons. The van der Waals surface area contributed by atoms with Crippen LogP contribution in [0.15, 0.2) is 24.9 Å². The van der Waals surface area contributed by atoms with Crippen LogP contribution in [-0.4, -0.2) is 47.7 Å². The van der Waals surface area contributed by atoms with Gasteiger partial charge in [-0.25, -0.2) is 4.79 Å². The molecule has 1 aliphatic rings. The standard InChI is InChI=1S/C13H22N2O2/c1-6-11(2)14-7-9-15(10-8-14)12(16)17-13(3,4)5/h6H,1-2,7-10H2,3-5H3. The maximum atomic E-state index is 11.8. The Balaban J connectivity index is 2.44. The molecule has 1 amide bonds. The fourth-order valence-electron chi connectivity index (χ4n) is 1.63. The normalized spacial score (nSPS) is 16.6. The predicted octanol–water partition coefficient (Wildman–Crippen LogP) is 2.24. The molecule has 1 saturated heterocycles. The minimum absolute atomic E-state index is 0.235. The van der Waals surface area contributed by atoms with Crippen molar-refractivity contribution >= 4 is 6.09 Å². The van der Waals surface area contributed by atoms with Gasteiger partial charge in [0.25, 0.3) is 0 Å². The highest BCUT2D eigenvalue weighted by atomic mass is 16.6. The van der Waals surface area contributed by atoms with E-state index >= 15 is 0 Å². The zero-order chi connectivity index (χ0) is 13.1. The topological polar surface area (TPSA) is 32.8 Å². The smallest absolute Gasteiger partial charge is 0.410 e. The van der Waals surface area contributed by atoms with Gasteiger partial charge in [-0.3, -0.25) is 0 Å². The Morgan fingerprint density at radius 2 is 1.65 bits per heavy atom. The molecule has 0 spiro atoms. The van der Waals surface area contributed by atoms with Crippen LogP contribution in [0.25, 0.3) is 0 Å². The highest BCUT2D eigenvalue weighted by molar-refractivity contribution is 5.68. The van der Waals surface area contributed by atoms with Gasteiger partial charge >= 0.3 is 6.09 Å². The summed E-state index contributed by atoms with van der Waals surface area (Å²) in [5.41, 5.74) is 0.479. The van der Waals surface area contributed by atoms with Crippen LogP contribution >= 0.6 is 0 Å². The summed E-state index contributed by atoms with van der Waals surface area (Å²) in [4.78, 5) is 15.7. The molecule has 0 aromatic rings. The van der Waals surface area contributed by atoms with Crippen molar-refractivity contribution in [3.05, 3.63) is 24.9 Å². The van der Waals surface area contributed by atoms with Crippen molar-refractivity contribution in [2.24, 2.45) is 0 Å². The minimum Gasteiger partial charge on any atom is -0.444 e. The summed E-state index contributed by atoms with van der Waals surface area (Å²) in [5, 5.41) is 0. The van der Waals surface area contributed by atoms with Crippen molar-refractivity contribution in [1.29, 1.82) is 0 Å². The van der Waals surface area contributed by atoms with Crippen LogP contribution in [0, 0.1) is 0 Å². The number of piperazine rings is 1. The molecule has 1 heterocycles. The molecule has 0 unspecified atom stereocenters. The van der Waals surface area contributed by atoms with Crippen LogP contribution in [0.2, 0.25) is 0 Å². The predicted molar refractivity (Wildman–Crippen MR) is 68.7 cm³/mol. The van der Waals surface area contributed by atoms with E-state index in [2.05, 4.69) is 18.1 Å². The van der Waals surface area contributed by atoms with Crippen LogP contribution in [0.1, 0.15) is 20.8 Å². The number of amides is 1. The molecule has 0 atom stereocenters. The molecule has 0 N–H and O–H groups in total. The molecular formula is C13H22N2O2. The van der Waals surface area contributed by atoms with E-state index in [0.29, 0.717) is 13.1 Å². The van der Waals surface area contributed by atoms with Crippen molar-refractivity contribution in [2.45, 2.75) is 26.4 Å². The quantitative estimate of drug-likeness (QED) is 0.692. The van der Waals surface area contributed by atoms with Crippen LogP contribution in [-0.2, 0) is 4.74 Å². The molecule has 0 saturated carbocycles. The summed E-state index contributed by atoms with van der Waals surface area (Å²) < 4.78 is 5.33. The van der Waals surface area contributed by atoms with E-state index in [4.69, 9.17) is 4.74 Å². The molecule has 0 aromatic carbocycles. The lowest BCUT2D eigenvalue weighted by molar-refractivity contribution is 0.0171. The Hall–Kier alpha value is -1.45. The van der Waals surface area contributed by atoms with Gasteiger partial charge in [0.05, 0.1) is 0 Å². The van der Waals surface area contributed by atoms with Crippen molar-refractivity contribution in [3.63, 3.8) is 0 Å². The first-order valence-corrected chi connectivity index (χ1v) is 5.87. The van der Waals surface area contributed by atoms with E-state index in [1.165, 1.54) is 0 Å². The summed E-state index contributed by atoms with van der Waals surface area (Å²) in [6.07, 6.45) is 1.50. The lowest BCUT2D eigenvalue weighted by Crippen LogP contribution is -2.49. The van der Waals surface area contributed by atoms with Gasteiger partial charge in [0.1, 0.15) is 5.60 Å². The second-order valence-electron chi connectivity index (χ2n) is 5.15. The molecule has 0 aromatic heterocycles. The zero-order valence-electron chi connectivity index (χ0n) is 11.0. The SMILES string of the molecule is C=CC(=C)N1CCN(C(=O)OC(C)(C)C)CC1. The van der Waals surface area contributed by atoms with Crippen molar-refractivity contribution in [3.8, 4) is 0 Å². The summed E-state index contributed by atoms with van der Waals surface area (Å²) in [6.45, 7) is 16.1. The van der Waals surface area contributed by atoms with Crippen LogP contribution in [0.5, 0.6) is 0 Å². The van der Waals surface area contributed by atoms with Crippen molar-refractivity contribution < 1.29 is 9.53 Å². The second-order valence-corrected chi connectivity index (χ2v) is 5.15. The third kappa shape index (κ3) is 4.13. The molecule has 4 nitrogen and oxygen atoms in total. The van der Waals surface area contributed by atoms with Crippen molar-refractivity contribution in [1.82, 2.24) is 9.80 Å². The number of carbonyl (C=O) groups is 1. The third-order valence-corrected chi connectivity index (χ3v) is 2.57. The fourth-order valence-corrected chi connectivity index (χ4v) is 1.63. The molecule has 0 aliphatic carbocycles. The molecule has 0 bridgehead atoms. The number of allylic oxidation sites excluding steroid dienone is 1. The summed E-state index contributed by atoms with van der Waals surface area (Å²) in [7, 11) is 0. The molecule has 1 aliphatic heterocycles. The maximum Gasteiger partial charge on any atom is 0.410 e. The first-order valence-electron chi connectivity index (χ1n) is 5.87. The Morgan fingerprint density at radius 3 is 2.06 bits per heavy atom. The molecule has 1 fully saturated rings. The Kier molecular flexibility index (Phi) is 4.21. The van der Waals surface area contributed by atoms with Crippen LogP contribution < -0.4 is 0 Å². The van der Waals surface area contributed by atoms with E-state index in [0.717, 1.165) is 18.8 Å². The highest BCUT2D eigenvalue weighted by Gasteiger charge is 2.25. The summed E-state index contributed by atoms with van der Waals surface area (Å²) in [6, 6.07) is 0. The molecular weight excluding hydrogens is 216 g/mol. The maximum absolute atomic E-state index is 11.8. The van der Waals surface area contributed by atoms with Gasteiger partial charge < -0.3 is 14.5 Å². The molecule has 4 heteroatoms. The number of hydrogen-bond acceptors (Lipinski definition) is 3. The van der Waals surface area contributed by atoms with Gasteiger partial charge in [-0.1, -0.05) is 13.2 Å².